The van der Waals surface area contributed by atoms with Crippen LogP contribution in [0.4, 0.5) is 0 Å². The van der Waals surface area contributed by atoms with Crippen LogP contribution in [0.15, 0.2) is 143 Å². The van der Waals surface area contributed by atoms with Crippen LogP contribution >= 0.6 is 11.8 Å². The van der Waals surface area contributed by atoms with Crippen LogP contribution in [0, 0.1) is 0 Å². The maximum Gasteiger partial charge on any atom is 0.256 e. The maximum atomic E-state index is 12.6. The number of nitrogens with one attached hydrogen (secondary N) is 2. The summed E-state index contributed by atoms with van der Waals surface area (Å²) in [5.74, 6) is 0.916. The molecule has 59 heavy (non-hydrogen) atoms. The summed E-state index contributed by atoms with van der Waals surface area (Å²) >= 11 is 1.53. The highest BCUT2D eigenvalue weighted by atomic mass is 32.2. The number of unbranched alkanes of at least 4 members (excludes halogenated alkanes) is 3. The Hall–Kier alpha value is -5.56. The van der Waals surface area contributed by atoms with Crippen LogP contribution < -0.4 is 10.8 Å². The number of nitrogens with zero attached hydrogens (tertiary/aromatic N) is 1. The fraction of sp³-hybridized carbons (Fsp3) is 0.271. The third-order valence-corrected chi connectivity index (χ3v) is 11.2. The molecule has 4 N–H and O–H groups in total. The van der Waals surface area contributed by atoms with Gasteiger partial charge in [-0.15, -0.1) is 0 Å². The molecule has 0 bridgehead atoms. The molecular formula is C48H49N3O7S. The summed E-state index contributed by atoms with van der Waals surface area (Å²) in [6.07, 6.45) is 3.31. The minimum Gasteiger partial charge on any atom is -0.431 e. The van der Waals surface area contributed by atoms with E-state index in [1.165, 1.54) is 11.8 Å². The van der Waals surface area contributed by atoms with E-state index in [4.69, 9.17) is 24.1 Å². The number of aromatic nitrogens is 1. The SMILES string of the molecule is O=C(CCCCCCC(=O)NCc1cccc(-c2cccc([C@H]3O[C@@H](CSc4nc(-c5ccccc5)c(-c5ccccc5)o4)C[C@@H](c4ccc(CO)cc4)O3)c2)c1)NO. The number of rotatable bonds is 18. The Morgan fingerprint density at radius 1 is 0.678 bits per heavy atom. The van der Waals surface area contributed by atoms with E-state index in [2.05, 4.69) is 29.6 Å². The van der Waals surface area contributed by atoms with Crippen LogP contribution in [0.25, 0.3) is 33.7 Å². The van der Waals surface area contributed by atoms with Crippen LogP contribution in [-0.2, 0) is 32.2 Å². The predicted molar refractivity (Wildman–Crippen MR) is 228 cm³/mol. The summed E-state index contributed by atoms with van der Waals surface area (Å²) in [5.41, 5.74) is 10.1. The van der Waals surface area contributed by atoms with E-state index in [-0.39, 0.29) is 37.0 Å². The molecule has 2 amide bonds. The van der Waals surface area contributed by atoms with Gasteiger partial charge in [0.05, 0.1) is 18.8 Å². The molecule has 0 aliphatic carbocycles. The number of thioether (sulfide) groups is 1. The first-order valence-corrected chi connectivity index (χ1v) is 21.1. The van der Waals surface area contributed by atoms with E-state index in [1.807, 2.05) is 109 Å². The number of hydrogen-bond acceptors (Lipinski definition) is 9. The van der Waals surface area contributed by atoms with Gasteiger partial charge in [-0.3, -0.25) is 14.8 Å². The predicted octanol–water partition coefficient (Wildman–Crippen LogP) is 9.97. The molecule has 1 aliphatic rings. The van der Waals surface area contributed by atoms with Crippen molar-refractivity contribution in [2.45, 2.75) is 81.8 Å². The second-order valence-electron chi connectivity index (χ2n) is 14.6. The molecule has 0 spiro atoms. The number of hydrogen-bond donors (Lipinski definition) is 4. The van der Waals surface area contributed by atoms with E-state index in [0.29, 0.717) is 36.8 Å². The first kappa shape index (κ1) is 41.6. The molecule has 1 fully saturated rings. The minimum absolute atomic E-state index is 0.0125. The molecule has 5 aromatic carbocycles. The lowest BCUT2D eigenvalue weighted by Crippen LogP contribution is -2.31. The summed E-state index contributed by atoms with van der Waals surface area (Å²) in [4.78, 5) is 28.7. The molecule has 0 radical (unpaired) electrons. The van der Waals surface area contributed by atoms with Gasteiger partial charge in [0.2, 0.25) is 11.8 Å². The first-order chi connectivity index (χ1) is 28.9. The van der Waals surface area contributed by atoms with Crippen molar-refractivity contribution in [2.75, 3.05) is 5.75 Å². The molecule has 304 valence electrons. The lowest BCUT2D eigenvalue weighted by Gasteiger charge is -2.36. The summed E-state index contributed by atoms with van der Waals surface area (Å²) in [6.45, 7) is 0.387. The Labute approximate surface area is 349 Å². The highest BCUT2D eigenvalue weighted by molar-refractivity contribution is 7.99. The number of amides is 2. The fourth-order valence-corrected chi connectivity index (χ4v) is 7.96. The average Bonchev–Trinajstić information content (AvgIpc) is 3.74. The highest BCUT2D eigenvalue weighted by Crippen LogP contribution is 2.41. The normalized spacial score (nSPS) is 16.4. The van der Waals surface area contributed by atoms with Crippen molar-refractivity contribution in [3.8, 4) is 33.7 Å². The molecule has 11 heteroatoms. The quantitative estimate of drug-likeness (QED) is 0.0289. The van der Waals surface area contributed by atoms with Crippen LogP contribution in [0.5, 0.6) is 0 Å². The second kappa shape index (κ2) is 20.9. The summed E-state index contributed by atoms with van der Waals surface area (Å²) in [7, 11) is 0. The molecule has 1 aliphatic heterocycles. The topological polar surface area (TPSA) is 143 Å². The van der Waals surface area contributed by atoms with Crippen LogP contribution in [0.3, 0.4) is 0 Å². The third kappa shape index (κ3) is 11.6. The zero-order valence-electron chi connectivity index (χ0n) is 32.8. The highest BCUT2D eigenvalue weighted by Gasteiger charge is 2.33. The van der Waals surface area contributed by atoms with Crippen molar-refractivity contribution in [3.05, 3.63) is 156 Å². The molecule has 0 unspecified atom stereocenters. The molecule has 6 aromatic rings. The smallest absolute Gasteiger partial charge is 0.256 e. The van der Waals surface area contributed by atoms with E-state index in [0.717, 1.165) is 75.2 Å². The van der Waals surface area contributed by atoms with Gasteiger partial charge >= 0.3 is 0 Å². The summed E-state index contributed by atoms with van der Waals surface area (Å²) in [6, 6.07) is 44.3. The Bertz CT molecular complexity index is 2210. The Balaban J connectivity index is 1.04. The van der Waals surface area contributed by atoms with Gasteiger partial charge in [-0.25, -0.2) is 10.5 Å². The van der Waals surface area contributed by atoms with Crippen LogP contribution in [0.1, 0.15) is 79.6 Å². The van der Waals surface area contributed by atoms with Crippen LogP contribution in [0.2, 0.25) is 0 Å². The standard InChI is InChI=1S/C48H49N3O7S/c52-31-33-23-25-35(26-24-33)42-29-41(32-59-48-50-45(36-14-5-3-6-15-36)46(58-48)37-16-7-4-8-17-37)56-47(57-42)40-20-12-19-39(28-40)38-18-11-13-34(27-38)30-49-43(53)21-9-1-2-10-22-44(54)51-55/h3-8,11-20,23-28,41-42,47,52,55H,1-2,9-10,21-22,29-32H2,(H,49,53)(H,51,54)/t41-,42+,47+/m1/s1. The Morgan fingerprint density at radius 2 is 1.34 bits per heavy atom. The van der Waals surface area contributed by atoms with Crippen molar-refractivity contribution in [3.63, 3.8) is 0 Å². The zero-order chi connectivity index (χ0) is 40.8. The molecular weight excluding hydrogens is 763 g/mol. The van der Waals surface area contributed by atoms with Gasteiger partial charge in [0.15, 0.2) is 12.1 Å². The third-order valence-electron chi connectivity index (χ3n) is 10.3. The number of aliphatic hydroxyl groups is 1. The molecule has 7 rings (SSSR count). The van der Waals surface area contributed by atoms with Crippen molar-refractivity contribution in [1.29, 1.82) is 0 Å². The molecule has 2 heterocycles. The fourth-order valence-electron chi connectivity index (χ4n) is 7.12. The Kier molecular flexibility index (Phi) is 14.7. The minimum atomic E-state index is -0.643. The number of ether oxygens (including phenoxy) is 2. The number of oxazole rings is 1. The second-order valence-corrected chi connectivity index (χ2v) is 15.6. The Morgan fingerprint density at radius 3 is 2.05 bits per heavy atom. The van der Waals surface area contributed by atoms with Crippen molar-refractivity contribution < 1.29 is 33.8 Å². The van der Waals surface area contributed by atoms with Gasteiger partial charge in [0.25, 0.3) is 5.22 Å². The molecule has 10 nitrogen and oxygen atoms in total. The first-order valence-electron chi connectivity index (χ1n) is 20.1. The molecule has 1 saturated heterocycles. The lowest BCUT2D eigenvalue weighted by atomic mass is 9.99. The lowest BCUT2D eigenvalue weighted by molar-refractivity contribution is -0.245. The average molecular weight is 812 g/mol. The van der Waals surface area contributed by atoms with Crippen molar-refractivity contribution >= 4 is 23.6 Å². The van der Waals surface area contributed by atoms with Crippen molar-refractivity contribution in [2.24, 2.45) is 0 Å². The number of hydroxylamine groups is 1. The summed E-state index contributed by atoms with van der Waals surface area (Å²) in [5, 5.41) is 21.9. The number of aliphatic hydroxyl groups excluding tert-OH is 1. The summed E-state index contributed by atoms with van der Waals surface area (Å²) < 4.78 is 19.9. The van der Waals surface area contributed by atoms with E-state index >= 15 is 0 Å². The van der Waals surface area contributed by atoms with Gasteiger partial charge in [-0.2, -0.15) is 0 Å². The number of carbonyl (C=O) groups is 2. The molecule has 0 saturated carbocycles. The van der Waals surface area contributed by atoms with Gasteiger partial charge < -0.3 is 24.3 Å². The van der Waals surface area contributed by atoms with Crippen LogP contribution in [-0.4, -0.2) is 39.0 Å². The van der Waals surface area contributed by atoms with Crippen molar-refractivity contribution in [1.82, 2.24) is 15.8 Å². The number of benzene rings is 5. The largest absolute Gasteiger partial charge is 0.431 e. The zero-order valence-corrected chi connectivity index (χ0v) is 33.6. The maximum absolute atomic E-state index is 12.6. The van der Waals surface area contributed by atoms with E-state index < -0.39 is 6.29 Å². The number of carbonyl (C=O) groups excluding carboxylic acids is 2. The van der Waals surface area contributed by atoms with Gasteiger partial charge in [-0.05, 0) is 52.8 Å². The van der Waals surface area contributed by atoms with Gasteiger partial charge in [0.1, 0.15) is 5.69 Å². The molecule has 3 atom stereocenters. The van der Waals surface area contributed by atoms with E-state index in [1.54, 1.807) is 5.48 Å². The monoisotopic (exact) mass is 811 g/mol. The molecule has 1 aromatic heterocycles. The van der Waals surface area contributed by atoms with E-state index in [9.17, 15) is 14.7 Å². The van der Waals surface area contributed by atoms with Gasteiger partial charge in [0, 0.05) is 48.3 Å². The van der Waals surface area contributed by atoms with Gasteiger partial charge in [-0.1, -0.05) is 146 Å².